The minimum Gasteiger partial charge on any atom is -0.383 e. The maximum Gasteiger partial charge on any atom is 0.0587 e. The van der Waals surface area contributed by atoms with Crippen molar-refractivity contribution in [3.05, 3.63) is 28.8 Å². The van der Waals surface area contributed by atoms with Gasteiger partial charge in [-0.1, -0.05) is 17.7 Å². The van der Waals surface area contributed by atoms with E-state index < -0.39 is 0 Å². The summed E-state index contributed by atoms with van der Waals surface area (Å²) in [6.45, 7) is 3.49. The Kier molecular flexibility index (Phi) is 5.49. The summed E-state index contributed by atoms with van der Waals surface area (Å²) in [5.41, 5.74) is 2.35. The van der Waals surface area contributed by atoms with Crippen LogP contribution in [0, 0.1) is 5.92 Å². The molecule has 3 nitrogen and oxygen atoms in total. The van der Waals surface area contributed by atoms with Gasteiger partial charge in [0.15, 0.2) is 0 Å². The first-order valence-corrected chi connectivity index (χ1v) is 7.27. The fraction of sp³-hybridized carbons (Fsp3) is 0.600. The molecule has 1 fully saturated rings. The van der Waals surface area contributed by atoms with E-state index in [1.54, 1.807) is 7.11 Å². The lowest BCUT2D eigenvalue weighted by Gasteiger charge is -2.20. The fourth-order valence-corrected chi connectivity index (χ4v) is 2.35. The summed E-state index contributed by atoms with van der Waals surface area (Å²) < 4.78 is 5.00. The summed E-state index contributed by atoms with van der Waals surface area (Å²) in [5.74, 6) is 0.888. The molecule has 1 aromatic rings. The van der Waals surface area contributed by atoms with Crippen LogP contribution in [0.3, 0.4) is 0 Å². The van der Waals surface area contributed by atoms with Gasteiger partial charge < -0.3 is 15.0 Å². The summed E-state index contributed by atoms with van der Waals surface area (Å²) in [6.07, 6.45) is 2.75. The van der Waals surface area contributed by atoms with Crippen LogP contribution >= 0.6 is 11.6 Å². The molecule has 0 amide bonds. The molecule has 0 aromatic heterocycles. The van der Waals surface area contributed by atoms with Crippen molar-refractivity contribution in [3.8, 4) is 0 Å². The maximum absolute atomic E-state index is 6.34. The minimum atomic E-state index is 0.722. The smallest absolute Gasteiger partial charge is 0.0587 e. The molecular formula is C15H23ClN2O. The van der Waals surface area contributed by atoms with Gasteiger partial charge in [0.2, 0.25) is 0 Å². The number of ether oxygens (including phenoxy) is 1. The van der Waals surface area contributed by atoms with E-state index in [4.69, 9.17) is 16.3 Å². The van der Waals surface area contributed by atoms with Crippen molar-refractivity contribution in [1.29, 1.82) is 0 Å². The first kappa shape index (κ1) is 14.6. The van der Waals surface area contributed by atoms with Gasteiger partial charge in [0.25, 0.3) is 0 Å². The van der Waals surface area contributed by atoms with E-state index in [0.717, 1.165) is 42.7 Å². The SMILES string of the molecule is COCCNCc1ccc(N(C)CC2CC2)cc1Cl. The minimum absolute atomic E-state index is 0.722. The molecule has 1 saturated carbocycles. The summed E-state index contributed by atoms with van der Waals surface area (Å²) in [7, 11) is 3.85. The van der Waals surface area contributed by atoms with Crippen molar-refractivity contribution >= 4 is 17.3 Å². The van der Waals surface area contributed by atoms with Gasteiger partial charge in [0.05, 0.1) is 6.61 Å². The van der Waals surface area contributed by atoms with Gasteiger partial charge in [-0.15, -0.1) is 0 Å². The molecule has 0 saturated heterocycles. The summed E-state index contributed by atoms with van der Waals surface area (Å²) >= 11 is 6.34. The molecule has 19 heavy (non-hydrogen) atoms. The zero-order valence-electron chi connectivity index (χ0n) is 11.8. The highest BCUT2D eigenvalue weighted by atomic mass is 35.5. The molecule has 2 rings (SSSR count). The van der Waals surface area contributed by atoms with E-state index >= 15 is 0 Å². The number of methoxy groups -OCH3 is 1. The predicted molar refractivity (Wildman–Crippen MR) is 81.0 cm³/mol. The van der Waals surface area contributed by atoms with Gasteiger partial charge in [-0.25, -0.2) is 0 Å². The van der Waals surface area contributed by atoms with E-state index in [2.05, 4.69) is 35.5 Å². The highest BCUT2D eigenvalue weighted by Gasteiger charge is 2.23. The molecule has 106 valence electrons. The molecule has 0 atom stereocenters. The second-order valence-corrected chi connectivity index (χ2v) is 5.68. The summed E-state index contributed by atoms with van der Waals surface area (Å²) in [4.78, 5) is 2.30. The second kappa shape index (κ2) is 7.13. The molecule has 1 N–H and O–H groups in total. The van der Waals surface area contributed by atoms with Crippen molar-refractivity contribution in [1.82, 2.24) is 5.32 Å². The quantitative estimate of drug-likeness (QED) is 0.742. The predicted octanol–water partition coefficient (Wildman–Crippen LogP) is 2.92. The molecular weight excluding hydrogens is 260 g/mol. The number of anilines is 1. The monoisotopic (exact) mass is 282 g/mol. The van der Waals surface area contributed by atoms with Gasteiger partial charge in [-0.3, -0.25) is 0 Å². The zero-order valence-corrected chi connectivity index (χ0v) is 12.5. The number of halogens is 1. The largest absolute Gasteiger partial charge is 0.383 e. The normalized spacial score (nSPS) is 14.7. The van der Waals surface area contributed by atoms with Crippen LogP contribution in [0.1, 0.15) is 18.4 Å². The van der Waals surface area contributed by atoms with Gasteiger partial charge in [0, 0.05) is 44.5 Å². The first-order chi connectivity index (χ1) is 9.20. The number of hydrogen-bond donors (Lipinski definition) is 1. The van der Waals surface area contributed by atoms with Crippen molar-refractivity contribution in [2.24, 2.45) is 5.92 Å². The third-order valence-electron chi connectivity index (χ3n) is 3.50. The van der Waals surface area contributed by atoms with Gasteiger partial charge in [-0.2, -0.15) is 0 Å². The molecule has 0 radical (unpaired) electrons. The van der Waals surface area contributed by atoms with Gasteiger partial charge >= 0.3 is 0 Å². The number of rotatable bonds is 8. The van der Waals surface area contributed by atoms with Crippen LogP contribution in [0.15, 0.2) is 18.2 Å². The number of nitrogens with zero attached hydrogens (tertiary/aromatic N) is 1. The molecule has 1 aromatic carbocycles. The first-order valence-electron chi connectivity index (χ1n) is 6.90. The molecule has 1 aliphatic carbocycles. The van der Waals surface area contributed by atoms with Crippen LogP contribution in [-0.4, -0.2) is 33.9 Å². The molecule has 0 unspecified atom stereocenters. The topological polar surface area (TPSA) is 24.5 Å². The van der Waals surface area contributed by atoms with E-state index in [9.17, 15) is 0 Å². The van der Waals surface area contributed by atoms with Crippen LogP contribution < -0.4 is 10.2 Å². The number of benzene rings is 1. The Morgan fingerprint density at radius 3 is 2.84 bits per heavy atom. The third kappa shape index (κ3) is 4.68. The standard InChI is InChI=1S/C15H23ClN2O/c1-18(11-12-3-4-12)14-6-5-13(15(16)9-14)10-17-7-8-19-2/h5-6,9,12,17H,3-4,7-8,10-11H2,1-2H3. The summed E-state index contributed by atoms with van der Waals surface area (Å²) in [6, 6.07) is 6.33. The van der Waals surface area contributed by atoms with E-state index in [1.807, 2.05) is 0 Å². The van der Waals surface area contributed by atoms with Crippen LogP contribution in [-0.2, 0) is 11.3 Å². The summed E-state index contributed by atoms with van der Waals surface area (Å²) in [5, 5.41) is 4.15. The number of nitrogens with one attached hydrogen (secondary N) is 1. The van der Waals surface area contributed by atoms with Gasteiger partial charge in [0.1, 0.15) is 0 Å². The van der Waals surface area contributed by atoms with Crippen LogP contribution in [0.25, 0.3) is 0 Å². The van der Waals surface area contributed by atoms with Crippen LogP contribution in [0.5, 0.6) is 0 Å². The lowest BCUT2D eigenvalue weighted by molar-refractivity contribution is 0.199. The molecule has 0 bridgehead atoms. The maximum atomic E-state index is 6.34. The zero-order chi connectivity index (χ0) is 13.7. The average molecular weight is 283 g/mol. The van der Waals surface area contributed by atoms with Crippen LogP contribution in [0.4, 0.5) is 5.69 Å². The Balaban J connectivity index is 1.88. The Morgan fingerprint density at radius 2 is 2.21 bits per heavy atom. The highest BCUT2D eigenvalue weighted by Crippen LogP contribution is 2.31. The Hall–Kier alpha value is -0.770. The van der Waals surface area contributed by atoms with Crippen molar-refractivity contribution in [3.63, 3.8) is 0 Å². The molecule has 0 heterocycles. The van der Waals surface area contributed by atoms with E-state index in [1.165, 1.54) is 18.5 Å². The fourth-order valence-electron chi connectivity index (χ4n) is 2.11. The highest BCUT2D eigenvalue weighted by molar-refractivity contribution is 6.31. The molecule has 4 heteroatoms. The van der Waals surface area contributed by atoms with Crippen molar-refractivity contribution in [2.75, 3.05) is 38.8 Å². The average Bonchev–Trinajstić information content (AvgIpc) is 3.20. The van der Waals surface area contributed by atoms with Crippen LogP contribution in [0.2, 0.25) is 5.02 Å². The molecule has 0 spiro atoms. The second-order valence-electron chi connectivity index (χ2n) is 5.27. The third-order valence-corrected chi connectivity index (χ3v) is 3.86. The van der Waals surface area contributed by atoms with Crippen molar-refractivity contribution < 1.29 is 4.74 Å². The van der Waals surface area contributed by atoms with Gasteiger partial charge in [-0.05, 0) is 36.5 Å². The molecule has 0 aliphatic heterocycles. The Labute approximate surface area is 120 Å². The van der Waals surface area contributed by atoms with E-state index in [0.29, 0.717) is 0 Å². The molecule has 1 aliphatic rings. The Bertz CT molecular complexity index is 407. The number of hydrogen-bond acceptors (Lipinski definition) is 3. The van der Waals surface area contributed by atoms with Crippen molar-refractivity contribution in [2.45, 2.75) is 19.4 Å². The van der Waals surface area contributed by atoms with E-state index in [-0.39, 0.29) is 0 Å². The lowest BCUT2D eigenvalue weighted by Crippen LogP contribution is -2.21. The lowest BCUT2D eigenvalue weighted by atomic mass is 10.2. The Morgan fingerprint density at radius 1 is 1.42 bits per heavy atom.